The Balaban J connectivity index is 2.67. The van der Waals surface area contributed by atoms with Crippen molar-refractivity contribution in [3.8, 4) is 5.75 Å². The lowest BCUT2D eigenvalue weighted by Crippen LogP contribution is -2.32. The fourth-order valence-electron chi connectivity index (χ4n) is 1.13. The fraction of sp³-hybridized carbons (Fsp3) is 0.273. The first kappa shape index (κ1) is 12.4. The Morgan fingerprint density at radius 2 is 2.25 bits per heavy atom. The first-order valence-electron chi connectivity index (χ1n) is 5.01. The number of hydrogen-bond donors (Lipinski definition) is 3. The van der Waals surface area contributed by atoms with Gasteiger partial charge in [-0.25, -0.2) is 0 Å². The molecule has 0 aromatic heterocycles. The van der Waals surface area contributed by atoms with Crippen LogP contribution in [0.1, 0.15) is 19.4 Å². The Bertz CT molecular complexity index is 404. The van der Waals surface area contributed by atoms with Crippen molar-refractivity contribution in [2.75, 3.05) is 6.54 Å². The van der Waals surface area contributed by atoms with Crippen LogP contribution in [-0.4, -0.2) is 22.5 Å². The molecule has 3 N–H and O–H groups in total. The lowest BCUT2D eigenvalue weighted by molar-refractivity contribution is 0.475. The highest BCUT2D eigenvalue weighted by molar-refractivity contribution is 7.80. The molecule has 5 heteroatoms. The summed E-state index contributed by atoms with van der Waals surface area (Å²) in [4.78, 5) is 0. The smallest absolute Gasteiger partial charge is 0.186 e. The molecule has 0 aliphatic rings. The summed E-state index contributed by atoms with van der Waals surface area (Å²) in [6.45, 7) is 4.56. The number of hydrazone groups is 1. The summed E-state index contributed by atoms with van der Waals surface area (Å²) >= 11 is 4.97. The highest BCUT2D eigenvalue weighted by Crippen LogP contribution is 2.11. The van der Waals surface area contributed by atoms with Gasteiger partial charge in [0.05, 0.1) is 5.71 Å². The lowest BCUT2D eigenvalue weighted by atomic mass is 10.1. The molecule has 1 rings (SSSR count). The monoisotopic (exact) mass is 237 g/mol. The number of thiocarbonyl (C=S) groups is 1. The maximum absolute atomic E-state index is 9.31. The normalized spacial score (nSPS) is 11.0. The van der Waals surface area contributed by atoms with Gasteiger partial charge in [-0.05, 0) is 38.2 Å². The number of rotatable bonds is 3. The third kappa shape index (κ3) is 3.86. The number of nitrogens with zero attached hydrogens (tertiary/aromatic N) is 1. The maximum atomic E-state index is 9.31. The van der Waals surface area contributed by atoms with Crippen molar-refractivity contribution in [3.05, 3.63) is 29.8 Å². The Hall–Kier alpha value is -1.62. The van der Waals surface area contributed by atoms with Gasteiger partial charge in [0.2, 0.25) is 0 Å². The van der Waals surface area contributed by atoms with Gasteiger partial charge in [0.1, 0.15) is 5.75 Å². The van der Waals surface area contributed by atoms with E-state index in [4.69, 9.17) is 12.2 Å². The average Bonchev–Trinajstić information content (AvgIpc) is 2.26. The minimum Gasteiger partial charge on any atom is -0.508 e. The van der Waals surface area contributed by atoms with Crippen molar-refractivity contribution in [2.24, 2.45) is 5.10 Å². The average molecular weight is 237 g/mol. The molecule has 0 fully saturated rings. The SMILES string of the molecule is CCNC(=S)NN=C(C)c1cccc(O)c1. The largest absolute Gasteiger partial charge is 0.508 e. The van der Waals surface area contributed by atoms with Crippen LogP contribution < -0.4 is 10.7 Å². The molecule has 0 saturated heterocycles. The lowest BCUT2D eigenvalue weighted by Gasteiger charge is -2.05. The maximum Gasteiger partial charge on any atom is 0.186 e. The van der Waals surface area contributed by atoms with E-state index in [0.717, 1.165) is 17.8 Å². The Morgan fingerprint density at radius 3 is 2.88 bits per heavy atom. The van der Waals surface area contributed by atoms with Crippen molar-refractivity contribution in [2.45, 2.75) is 13.8 Å². The molecule has 0 bridgehead atoms. The summed E-state index contributed by atoms with van der Waals surface area (Å²) in [7, 11) is 0. The van der Waals surface area contributed by atoms with Crippen molar-refractivity contribution in [3.63, 3.8) is 0 Å². The third-order valence-corrected chi connectivity index (χ3v) is 2.16. The van der Waals surface area contributed by atoms with Gasteiger partial charge in [0, 0.05) is 12.1 Å². The molecule has 16 heavy (non-hydrogen) atoms. The minimum absolute atomic E-state index is 0.223. The van der Waals surface area contributed by atoms with E-state index in [1.54, 1.807) is 18.2 Å². The summed E-state index contributed by atoms with van der Waals surface area (Å²) in [5.41, 5.74) is 4.34. The van der Waals surface area contributed by atoms with Crippen molar-refractivity contribution >= 4 is 23.0 Å². The van der Waals surface area contributed by atoms with E-state index in [1.165, 1.54) is 0 Å². The van der Waals surface area contributed by atoms with Gasteiger partial charge in [0.25, 0.3) is 0 Å². The molecule has 1 aromatic carbocycles. The first-order chi connectivity index (χ1) is 7.63. The van der Waals surface area contributed by atoms with Gasteiger partial charge in [-0.15, -0.1) is 0 Å². The molecule has 0 heterocycles. The zero-order valence-corrected chi connectivity index (χ0v) is 10.1. The first-order valence-corrected chi connectivity index (χ1v) is 5.42. The van der Waals surface area contributed by atoms with Gasteiger partial charge in [-0.3, -0.25) is 5.43 Å². The number of phenols is 1. The predicted octanol–water partition coefficient (Wildman–Crippen LogP) is 1.60. The molecule has 4 nitrogen and oxygen atoms in total. The Morgan fingerprint density at radius 1 is 1.50 bits per heavy atom. The van der Waals surface area contributed by atoms with Gasteiger partial charge >= 0.3 is 0 Å². The van der Waals surface area contributed by atoms with Gasteiger partial charge in [-0.1, -0.05) is 12.1 Å². The standard InChI is InChI=1S/C11H15N3OS/c1-3-12-11(16)14-13-8(2)9-5-4-6-10(15)7-9/h4-7,15H,3H2,1-2H3,(H2,12,14,16). The summed E-state index contributed by atoms with van der Waals surface area (Å²) in [5, 5.41) is 16.8. The van der Waals surface area contributed by atoms with Crippen LogP contribution in [0.25, 0.3) is 0 Å². The molecule has 0 radical (unpaired) electrons. The summed E-state index contributed by atoms with van der Waals surface area (Å²) < 4.78 is 0. The van der Waals surface area contributed by atoms with E-state index in [-0.39, 0.29) is 5.75 Å². The van der Waals surface area contributed by atoms with Crippen LogP contribution in [0.3, 0.4) is 0 Å². The molecule has 0 saturated carbocycles. The van der Waals surface area contributed by atoms with Gasteiger partial charge in [-0.2, -0.15) is 5.10 Å². The number of hydrogen-bond acceptors (Lipinski definition) is 3. The van der Waals surface area contributed by atoms with Crippen LogP contribution in [0.4, 0.5) is 0 Å². The van der Waals surface area contributed by atoms with Crippen LogP contribution in [0, 0.1) is 0 Å². The van der Waals surface area contributed by atoms with Crippen LogP contribution in [0.15, 0.2) is 29.4 Å². The number of benzene rings is 1. The van der Waals surface area contributed by atoms with E-state index in [2.05, 4.69) is 15.8 Å². The van der Waals surface area contributed by atoms with Crippen molar-refractivity contribution < 1.29 is 5.11 Å². The highest BCUT2D eigenvalue weighted by Gasteiger charge is 1.98. The van der Waals surface area contributed by atoms with E-state index in [0.29, 0.717) is 5.11 Å². The number of phenolic OH excluding ortho intramolecular Hbond substituents is 1. The molecule has 0 atom stereocenters. The zero-order valence-electron chi connectivity index (χ0n) is 9.32. The van der Waals surface area contributed by atoms with Gasteiger partial charge < -0.3 is 10.4 Å². The van der Waals surface area contributed by atoms with Crippen LogP contribution in [0.5, 0.6) is 5.75 Å². The highest BCUT2D eigenvalue weighted by atomic mass is 32.1. The molecular weight excluding hydrogens is 222 g/mol. The molecule has 0 aliphatic heterocycles. The van der Waals surface area contributed by atoms with E-state index in [9.17, 15) is 5.11 Å². The second-order valence-corrected chi connectivity index (χ2v) is 3.63. The molecule has 0 amide bonds. The molecule has 0 aliphatic carbocycles. The predicted molar refractivity (Wildman–Crippen MR) is 69.7 cm³/mol. The van der Waals surface area contributed by atoms with Gasteiger partial charge in [0.15, 0.2) is 5.11 Å². The Kier molecular flexibility index (Phi) is 4.72. The molecular formula is C11H15N3OS. The summed E-state index contributed by atoms with van der Waals surface area (Å²) in [6.07, 6.45) is 0. The summed E-state index contributed by atoms with van der Waals surface area (Å²) in [5.74, 6) is 0.223. The fourth-order valence-corrected chi connectivity index (χ4v) is 1.32. The Labute approximate surface area is 100 Å². The van der Waals surface area contributed by atoms with E-state index < -0.39 is 0 Å². The number of aromatic hydroxyl groups is 1. The second-order valence-electron chi connectivity index (χ2n) is 3.22. The topological polar surface area (TPSA) is 56.7 Å². The number of nitrogens with one attached hydrogen (secondary N) is 2. The quantitative estimate of drug-likeness (QED) is 0.424. The van der Waals surface area contributed by atoms with Crippen LogP contribution >= 0.6 is 12.2 Å². The van der Waals surface area contributed by atoms with Crippen LogP contribution in [0.2, 0.25) is 0 Å². The van der Waals surface area contributed by atoms with E-state index >= 15 is 0 Å². The molecule has 1 aromatic rings. The van der Waals surface area contributed by atoms with Crippen LogP contribution in [-0.2, 0) is 0 Å². The second kappa shape index (κ2) is 6.07. The summed E-state index contributed by atoms with van der Waals surface area (Å²) in [6, 6.07) is 6.91. The van der Waals surface area contributed by atoms with E-state index in [1.807, 2.05) is 19.9 Å². The molecule has 0 unspecified atom stereocenters. The third-order valence-electron chi connectivity index (χ3n) is 1.93. The zero-order chi connectivity index (χ0) is 12.0. The van der Waals surface area contributed by atoms with Crippen molar-refractivity contribution in [1.82, 2.24) is 10.7 Å². The molecule has 0 spiro atoms. The minimum atomic E-state index is 0.223. The van der Waals surface area contributed by atoms with Crippen molar-refractivity contribution in [1.29, 1.82) is 0 Å². The molecule has 86 valence electrons.